The molecule has 1 fully saturated rings. The Morgan fingerprint density at radius 3 is 2.44 bits per heavy atom. The molecule has 0 saturated carbocycles. The Balaban J connectivity index is 1.23. The first-order valence-corrected chi connectivity index (χ1v) is 10.7. The normalized spacial score (nSPS) is 14.5. The maximum Gasteiger partial charge on any atom is 0.254 e. The van der Waals surface area contributed by atoms with Gasteiger partial charge in [0.05, 0.1) is 5.56 Å². The van der Waals surface area contributed by atoms with Crippen LogP contribution >= 0.6 is 0 Å². The molecule has 0 unspecified atom stereocenters. The average molecular weight is 437 g/mol. The van der Waals surface area contributed by atoms with Gasteiger partial charge < -0.3 is 10.2 Å². The van der Waals surface area contributed by atoms with Crippen molar-refractivity contribution in [1.29, 1.82) is 0 Å². The van der Waals surface area contributed by atoms with Crippen LogP contribution in [0.3, 0.4) is 0 Å². The molecule has 4 rings (SSSR count). The highest BCUT2D eigenvalue weighted by Gasteiger charge is 2.21. The second-order valence-corrected chi connectivity index (χ2v) is 7.93. The fraction of sp³-hybridized carbons (Fsp3) is 0.280. The van der Waals surface area contributed by atoms with E-state index in [0.717, 1.165) is 31.8 Å². The summed E-state index contributed by atoms with van der Waals surface area (Å²) < 4.78 is 26.6. The number of piperazine rings is 1. The molecule has 5 nitrogen and oxygen atoms in total. The van der Waals surface area contributed by atoms with Crippen molar-refractivity contribution in [3.8, 4) is 0 Å². The van der Waals surface area contributed by atoms with Crippen molar-refractivity contribution in [1.82, 2.24) is 15.1 Å². The minimum atomic E-state index is -0.920. The van der Waals surface area contributed by atoms with Gasteiger partial charge in [-0.05, 0) is 28.5 Å². The average Bonchev–Trinajstić information content (AvgIpc) is 2.79. The van der Waals surface area contributed by atoms with Crippen molar-refractivity contribution >= 4 is 22.6 Å². The second kappa shape index (κ2) is 9.87. The molecular weight excluding hydrogens is 412 g/mol. The van der Waals surface area contributed by atoms with Gasteiger partial charge in [-0.2, -0.15) is 0 Å². The zero-order chi connectivity index (χ0) is 22.5. The van der Waals surface area contributed by atoms with E-state index in [1.54, 1.807) is 4.90 Å². The quantitative estimate of drug-likeness (QED) is 0.641. The summed E-state index contributed by atoms with van der Waals surface area (Å²) in [4.78, 5) is 28.7. The molecule has 7 heteroatoms. The molecule has 1 heterocycles. The molecule has 3 aromatic rings. The maximum absolute atomic E-state index is 13.7. The lowest BCUT2D eigenvalue weighted by molar-refractivity contribution is -0.132. The van der Waals surface area contributed by atoms with Crippen LogP contribution in [0.25, 0.3) is 10.8 Å². The van der Waals surface area contributed by atoms with Gasteiger partial charge in [0.1, 0.15) is 11.6 Å². The number of hydrogen-bond acceptors (Lipinski definition) is 3. The highest BCUT2D eigenvalue weighted by Crippen LogP contribution is 2.20. The SMILES string of the molecule is O=C(NCCC(=O)N1CCN(Cc2cccc3ccccc23)CC1)c1ccc(F)cc1F. The van der Waals surface area contributed by atoms with Crippen molar-refractivity contribution < 1.29 is 18.4 Å². The van der Waals surface area contributed by atoms with E-state index in [-0.39, 0.29) is 24.4 Å². The minimum absolute atomic E-state index is 0.0466. The zero-order valence-corrected chi connectivity index (χ0v) is 17.7. The van der Waals surface area contributed by atoms with Crippen LogP contribution in [0.1, 0.15) is 22.3 Å². The Bertz CT molecular complexity index is 1120. The van der Waals surface area contributed by atoms with Gasteiger partial charge in [-0.3, -0.25) is 14.5 Å². The second-order valence-electron chi connectivity index (χ2n) is 7.93. The number of nitrogens with zero attached hydrogens (tertiary/aromatic N) is 2. The van der Waals surface area contributed by atoms with Gasteiger partial charge >= 0.3 is 0 Å². The summed E-state index contributed by atoms with van der Waals surface area (Å²) in [5.41, 5.74) is 1.04. The highest BCUT2D eigenvalue weighted by molar-refractivity contribution is 5.94. The predicted molar refractivity (Wildman–Crippen MR) is 119 cm³/mol. The number of halogens is 2. The van der Waals surface area contributed by atoms with Gasteiger partial charge in [-0.15, -0.1) is 0 Å². The number of fused-ring (bicyclic) bond motifs is 1. The summed E-state index contributed by atoms with van der Waals surface area (Å²) in [5.74, 6) is -2.37. The topological polar surface area (TPSA) is 52.7 Å². The van der Waals surface area contributed by atoms with Crippen molar-refractivity contribution in [2.24, 2.45) is 0 Å². The van der Waals surface area contributed by atoms with Crippen LogP contribution in [0.15, 0.2) is 60.7 Å². The fourth-order valence-electron chi connectivity index (χ4n) is 4.04. The number of carbonyl (C=O) groups excluding carboxylic acids is 2. The van der Waals surface area contributed by atoms with E-state index in [1.807, 2.05) is 12.1 Å². The van der Waals surface area contributed by atoms with E-state index >= 15 is 0 Å². The van der Waals surface area contributed by atoms with E-state index in [4.69, 9.17) is 0 Å². The fourth-order valence-corrected chi connectivity index (χ4v) is 4.04. The molecule has 0 aliphatic carbocycles. The third-order valence-electron chi connectivity index (χ3n) is 5.80. The molecule has 32 heavy (non-hydrogen) atoms. The molecule has 0 radical (unpaired) electrons. The number of benzene rings is 3. The van der Waals surface area contributed by atoms with Gasteiger partial charge in [0, 0.05) is 51.8 Å². The zero-order valence-electron chi connectivity index (χ0n) is 17.7. The summed E-state index contributed by atoms with van der Waals surface area (Å²) in [5, 5.41) is 5.00. The van der Waals surface area contributed by atoms with Crippen LogP contribution in [0.4, 0.5) is 8.78 Å². The van der Waals surface area contributed by atoms with Gasteiger partial charge in [-0.1, -0.05) is 42.5 Å². The number of rotatable bonds is 6. The Morgan fingerprint density at radius 2 is 1.66 bits per heavy atom. The number of carbonyl (C=O) groups is 2. The molecule has 166 valence electrons. The third kappa shape index (κ3) is 5.11. The Morgan fingerprint density at radius 1 is 0.906 bits per heavy atom. The Kier molecular flexibility index (Phi) is 6.75. The van der Waals surface area contributed by atoms with Crippen LogP contribution in [0.5, 0.6) is 0 Å². The lowest BCUT2D eigenvalue weighted by atomic mass is 10.0. The summed E-state index contributed by atoms with van der Waals surface area (Å²) in [6.45, 7) is 3.76. The standard InChI is InChI=1S/C25H25F2N3O2/c26-20-8-9-22(23(27)16-20)25(32)28-11-10-24(31)30-14-12-29(13-15-30)17-19-6-3-5-18-4-1-2-7-21(18)19/h1-9,16H,10-15,17H2,(H,28,32). The summed E-state index contributed by atoms with van der Waals surface area (Å²) in [6, 6.07) is 17.4. The summed E-state index contributed by atoms with van der Waals surface area (Å²) in [7, 11) is 0. The van der Waals surface area contributed by atoms with Crippen molar-refractivity contribution in [2.75, 3.05) is 32.7 Å². The van der Waals surface area contributed by atoms with Crippen LogP contribution < -0.4 is 5.32 Å². The van der Waals surface area contributed by atoms with Crippen molar-refractivity contribution in [2.45, 2.75) is 13.0 Å². The molecule has 0 bridgehead atoms. The molecule has 2 amide bonds. The van der Waals surface area contributed by atoms with Crippen molar-refractivity contribution in [3.63, 3.8) is 0 Å². The molecular formula is C25H25F2N3O2. The Labute approximate surface area is 185 Å². The Hall–Kier alpha value is -3.32. The highest BCUT2D eigenvalue weighted by atomic mass is 19.1. The maximum atomic E-state index is 13.7. The van der Waals surface area contributed by atoms with Gasteiger partial charge in [0.15, 0.2) is 0 Å². The molecule has 1 saturated heterocycles. The first-order valence-electron chi connectivity index (χ1n) is 10.7. The van der Waals surface area contributed by atoms with E-state index < -0.39 is 17.5 Å². The minimum Gasteiger partial charge on any atom is -0.351 e. The first kappa shape index (κ1) is 21.9. The molecule has 0 aromatic heterocycles. The summed E-state index contributed by atoms with van der Waals surface area (Å²) >= 11 is 0. The molecule has 3 aromatic carbocycles. The smallest absolute Gasteiger partial charge is 0.254 e. The molecule has 1 aliphatic heterocycles. The molecule has 0 atom stereocenters. The first-order chi connectivity index (χ1) is 15.5. The number of nitrogens with one attached hydrogen (secondary N) is 1. The summed E-state index contributed by atoms with van der Waals surface area (Å²) in [6.07, 6.45) is 0.137. The number of hydrogen-bond donors (Lipinski definition) is 1. The van der Waals surface area contributed by atoms with Crippen molar-refractivity contribution in [3.05, 3.63) is 83.4 Å². The van der Waals surface area contributed by atoms with Gasteiger partial charge in [-0.25, -0.2) is 8.78 Å². The van der Waals surface area contributed by atoms with Gasteiger partial charge in [0.2, 0.25) is 5.91 Å². The van der Waals surface area contributed by atoms with E-state index in [1.165, 1.54) is 16.3 Å². The lowest BCUT2D eigenvalue weighted by Crippen LogP contribution is -2.48. The monoisotopic (exact) mass is 437 g/mol. The van der Waals surface area contributed by atoms with Crippen LogP contribution in [0, 0.1) is 11.6 Å². The lowest BCUT2D eigenvalue weighted by Gasteiger charge is -2.35. The largest absolute Gasteiger partial charge is 0.351 e. The number of amides is 2. The van der Waals surface area contributed by atoms with Crippen LogP contribution in [0.2, 0.25) is 0 Å². The predicted octanol–water partition coefficient (Wildman–Crippen LogP) is 3.58. The van der Waals surface area contributed by atoms with Crippen LogP contribution in [-0.2, 0) is 11.3 Å². The van der Waals surface area contributed by atoms with Gasteiger partial charge in [0.25, 0.3) is 5.91 Å². The molecule has 1 aliphatic rings. The van der Waals surface area contributed by atoms with E-state index in [9.17, 15) is 18.4 Å². The molecule has 0 spiro atoms. The third-order valence-corrected chi connectivity index (χ3v) is 5.80. The van der Waals surface area contributed by atoms with Crippen LogP contribution in [-0.4, -0.2) is 54.3 Å². The van der Waals surface area contributed by atoms with E-state index in [2.05, 4.69) is 40.5 Å². The molecule has 1 N–H and O–H groups in total. The van der Waals surface area contributed by atoms with E-state index in [0.29, 0.717) is 19.2 Å².